The maximum Gasteiger partial charge on any atom is 0.194 e. The zero-order valence-electron chi connectivity index (χ0n) is 13.8. The van der Waals surface area contributed by atoms with Gasteiger partial charge in [0.15, 0.2) is 5.78 Å². The van der Waals surface area contributed by atoms with Crippen LogP contribution in [0.2, 0.25) is 0 Å². The first-order valence-electron chi connectivity index (χ1n) is 8.34. The number of nitrogens with zero attached hydrogens (tertiary/aromatic N) is 1. The highest BCUT2D eigenvalue weighted by Crippen LogP contribution is 2.36. The molecular weight excluding hydrogens is 286 g/mol. The summed E-state index contributed by atoms with van der Waals surface area (Å²) in [6.07, 6.45) is 6.32. The molecule has 0 aliphatic heterocycles. The number of aryl methyl sites for hydroxylation is 1. The first kappa shape index (κ1) is 15.9. The van der Waals surface area contributed by atoms with Gasteiger partial charge in [-0.05, 0) is 43.0 Å². The molecule has 1 aliphatic rings. The number of fused-ring (bicyclic) bond motifs is 1. The summed E-state index contributed by atoms with van der Waals surface area (Å²) in [7, 11) is 1.67. The van der Waals surface area contributed by atoms with Crippen LogP contribution >= 0.6 is 0 Å². The first-order chi connectivity index (χ1) is 11.2. The highest BCUT2D eigenvalue weighted by atomic mass is 16.5. The molecule has 2 aromatic rings. The molecule has 1 unspecified atom stereocenters. The molecule has 0 saturated heterocycles. The van der Waals surface area contributed by atoms with Crippen LogP contribution in [0.15, 0.2) is 42.6 Å². The lowest BCUT2D eigenvalue weighted by molar-refractivity contribution is -0.0119. The van der Waals surface area contributed by atoms with Crippen LogP contribution < -0.4 is 0 Å². The van der Waals surface area contributed by atoms with Crippen molar-refractivity contribution in [3.05, 3.63) is 53.7 Å². The van der Waals surface area contributed by atoms with E-state index in [1.54, 1.807) is 13.3 Å². The van der Waals surface area contributed by atoms with Crippen molar-refractivity contribution in [3.63, 3.8) is 0 Å². The molecule has 120 valence electrons. The van der Waals surface area contributed by atoms with Gasteiger partial charge in [0.25, 0.3) is 0 Å². The van der Waals surface area contributed by atoms with Gasteiger partial charge in [-0.25, -0.2) is 0 Å². The van der Waals surface area contributed by atoms with Crippen molar-refractivity contribution < 1.29 is 9.53 Å². The molecule has 0 spiro atoms. The lowest BCUT2D eigenvalue weighted by atomic mass is 9.76. The molecule has 0 amide bonds. The number of ketones is 1. The van der Waals surface area contributed by atoms with Crippen LogP contribution in [-0.2, 0) is 11.2 Å². The summed E-state index contributed by atoms with van der Waals surface area (Å²) in [5.74, 6) is 0.132. The zero-order valence-corrected chi connectivity index (χ0v) is 13.8. The molecule has 1 aromatic carbocycles. The number of benzene rings is 1. The van der Waals surface area contributed by atoms with Crippen LogP contribution in [-0.4, -0.2) is 23.5 Å². The van der Waals surface area contributed by atoms with Crippen molar-refractivity contribution in [2.45, 2.75) is 44.6 Å². The number of hydrogen-bond acceptors (Lipinski definition) is 3. The second-order valence-corrected chi connectivity index (χ2v) is 6.22. The maximum absolute atomic E-state index is 13.1. The van der Waals surface area contributed by atoms with Crippen LogP contribution in [0.1, 0.15) is 48.5 Å². The minimum Gasteiger partial charge on any atom is -0.370 e. The van der Waals surface area contributed by atoms with Gasteiger partial charge in [-0.2, -0.15) is 0 Å². The van der Waals surface area contributed by atoms with Crippen LogP contribution in [0.3, 0.4) is 0 Å². The molecule has 1 heterocycles. The van der Waals surface area contributed by atoms with E-state index in [0.29, 0.717) is 0 Å². The lowest BCUT2D eigenvalue weighted by Crippen LogP contribution is -2.44. The highest BCUT2D eigenvalue weighted by Gasteiger charge is 2.42. The Labute approximate surface area is 137 Å². The first-order valence-corrected chi connectivity index (χ1v) is 8.34. The van der Waals surface area contributed by atoms with E-state index in [2.05, 4.69) is 24.0 Å². The SMILES string of the molecule is CCCCC1(OC)CCc2ccc(-c3ccccn3)cc2C1=O. The molecule has 1 aromatic heterocycles. The fourth-order valence-electron chi connectivity index (χ4n) is 3.39. The van der Waals surface area contributed by atoms with Gasteiger partial charge in [-0.3, -0.25) is 9.78 Å². The summed E-state index contributed by atoms with van der Waals surface area (Å²) in [5.41, 5.74) is 3.16. The summed E-state index contributed by atoms with van der Waals surface area (Å²) >= 11 is 0. The van der Waals surface area contributed by atoms with E-state index in [1.807, 2.05) is 24.3 Å². The van der Waals surface area contributed by atoms with Gasteiger partial charge in [0.1, 0.15) is 5.60 Å². The Bertz CT molecular complexity index is 696. The monoisotopic (exact) mass is 309 g/mol. The molecule has 3 nitrogen and oxygen atoms in total. The number of methoxy groups -OCH3 is 1. The van der Waals surface area contributed by atoms with Gasteiger partial charge in [0, 0.05) is 24.4 Å². The number of aromatic nitrogens is 1. The number of unbranched alkanes of at least 4 members (excludes halogenated alkanes) is 1. The quantitative estimate of drug-likeness (QED) is 0.819. The standard InChI is InChI=1S/C20H23NO2/c1-3-4-11-20(23-2)12-10-15-8-9-16(14-17(15)19(20)22)18-7-5-6-13-21-18/h5-9,13-14H,3-4,10-12H2,1-2H3. The fourth-order valence-corrected chi connectivity index (χ4v) is 3.39. The Morgan fingerprint density at radius 3 is 2.83 bits per heavy atom. The summed E-state index contributed by atoms with van der Waals surface area (Å²) in [6, 6.07) is 11.9. The zero-order chi connectivity index (χ0) is 16.3. The minimum absolute atomic E-state index is 0.132. The van der Waals surface area contributed by atoms with E-state index in [4.69, 9.17) is 4.74 Å². The van der Waals surface area contributed by atoms with Crippen molar-refractivity contribution in [3.8, 4) is 11.3 Å². The van der Waals surface area contributed by atoms with Crippen molar-refractivity contribution >= 4 is 5.78 Å². The molecule has 1 aliphatic carbocycles. The molecular formula is C20H23NO2. The Morgan fingerprint density at radius 1 is 1.26 bits per heavy atom. The molecule has 1 atom stereocenters. The number of rotatable bonds is 5. The van der Waals surface area contributed by atoms with Gasteiger partial charge >= 0.3 is 0 Å². The van der Waals surface area contributed by atoms with Gasteiger partial charge in [0.05, 0.1) is 5.69 Å². The molecule has 0 N–H and O–H groups in total. The topological polar surface area (TPSA) is 39.2 Å². The number of pyridine rings is 1. The van der Waals surface area contributed by atoms with Gasteiger partial charge in [-0.15, -0.1) is 0 Å². The third kappa shape index (κ3) is 2.93. The second-order valence-electron chi connectivity index (χ2n) is 6.22. The third-order valence-corrected chi connectivity index (χ3v) is 4.85. The molecule has 3 heteroatoms. The minimum atomic E-state index is -0.647. The van der Waals surface area contributed by atoms with Crippen molar-refractivity contribution in [2.75, 3.05) is 7.11 Å². The van der Waals surface area contributed by atoms with Crippen LogP contribution in [0.4, 0.5) is 0 Å². The molecule has 23 heavy (non-hydrogen) atoms. The molecule has 0 saturated carbocycles. The van der Waals surface area contributed by atoms with Crippen molar-refractivity contribution in [1.29, 1.82) is 0 Å². The molecule has 0 radical (unpaired) electrons. The molecule has 0 bridgehead atoms. The van der Waals surface area contributed by atoms with E-state index < -0.39 is 5.60 Å². The Hall–Kier alpha value is -2.00. The van der Waals surface area contributed by atoms with E-state index in [-0.39, 0.29) is 5.78 Å². The Kier molecular flexibility index (Phi) is 4.58. The predicted molar refractivity (Wildman–Crippen MR) is 91.6 cm³/mol. The van der Waals surface area contributed by atoms with Gasteiger partial charge in [0.2, 0.25) is 0 Å². The average Bonchev–Trinajstić information content (AvgIpc) is 2.62. The van der Waals surface area contributed by atoms with E-state index in [0.717, 1.165) is 54.5 Å². The fraction of sp³-hybridized carbons (Fsp3) is 0.400. The Balaban J connectivity index is 1.99. The smallest absolute Gasteiger partial charge is 0.194 e. The van der Waals surface area contributed by atoms with Gasteiger partial charge in [-0.1, -0.05) is 38.0 Å². The maximum atomic E-state index is 13.1. The number of Topliss-reactive ketones (excluding diaryl/α,β-unsaturated/α-hetero) is 1. The highest BCUT2D eigenvalue weighted by molar-refractivity contribution is 6.05. The number of carbonyl (C=O) groups excluding carboxylic acids is 1. The van der Waals surface area contributed by atoms with Gasteiger partial charge < -0.3 is 4.74 Å². The number of hydrogen-bond donors (Lipinski definition) is 0. The average molecular weight is 309 g/mol. The number of ether oxygens (including phenoxy) is 1. The lowest BCUT2D eigenvalue weighted by Gasteiger charge is -2.35. The van der Waals surface area contributed by atoms with Crippen molar-refractivity contribution in [2.24, 2.45) is 0 Å². The largest absolute Gasteiger partial charge is 0.370 e. The normalized spacial score (nSPS) is 20.3. The predicted octanol–water partition coefficient (Wildman–Crippen LogP) is 4.45. The second kappa shape index (κ2) is 6.63. The number of carbonyl (C=O) groups is 1. The van der Waals surface area contributed by atoms with E-state index >= 15 is 0 Å². The van der Waals surface area contributed by atoms with E-state index in [1.165, 1.54) is 0 Å². The summed E-state index contributed by atoms with van der Waals surface area (Å²) in [5, 5.41) is 0. The summed E-state index contributed by atoms with van der Waals surface area (Å²) in [4.78, 5) is 17.5. The van der Waals surface area contributed by atoms with Crippen molar-refractivity contribution in [1.82, 2.24) is 4.98 Å². The molecule has 3 rings (SSSR count). The Morgan fingerprint density at radius 2 is 2.13 bits per heavy atom. The third-order valence-electron chi connectivity index (χ3n) is 4.85. The summed E-state index contributed by atoms with van der Waals surface area (Å²) in [6.45, 7) is 2.14. The molecule has 0 fully saturated rings. The van der Waals surface area contributed by atoms with Crippen LogP contribution in [0, 0.1) is 0 Å². The van der Waals surface area contributed by atoms with E-state index in [9.17, 15) is 4.79 Å². The van der Waals surface area contributed by atoms with Crippen LogP contribution in [0.5, 0.6) is 0 Å². The summed E-state index contributed by atoms with van der Waals surface area (Å²) < 4.78 is 5.73. The van der Waals surface area contributed by atoms with Crippen LogP contribution in [0.25, 0.3) is 11.3 Å².